The molecule has 0 atom stereocenters. The summed E-state index contributed by atoms with van der Waals surface area (Å²) in [4.78, 5) is 15.7. The number of imidazole rings is 1. The fourth-order valence-electron chi connectivity index (χ4n) is 4.30. The summed E-state index contributed by atoms with van der Waals surface area (Å²) in [6.45, 7) is 3.92. The van der Waals surface area contributed by atoms with Crippen LogP contribution in [-0.4, -0.2) is 26.5 Å². The molecular formula is C24H27N5. The fraction of sp³-hybridized carbons (Fsp3) is 0.333. The highest BCUT2D eigenvalue weighted by molar-refractivity contribution is 5.94. The van der Waals surface area contributed by atoms with Crippen molar-refractivity contribution in [3.63, 3.8) is 0 Å². The number of benzene rings is 1. The van der Waals surface area contributed by atoms with Crippen LogP contribution in [0.2, 0.25) is 0 Å². The van der Waals surface area contributed by atoms with Crippen LogP contribution in [0.4, 0.5) is 0 Å². The molecule has 3 aromatic heterocycles. The Morgan fingerprint density at radius 3 is 2.97 bits per heavy atom. The summed E-state index contributed by atoms with van der Waals surface area (Å²) in [6, 6.07) is 10.9. The van der Waals surface area contributed by atoms with Crippen LogP contribution in [0.1, 0.15) is 43.5 Å². The van der Waals surface area contributed by atoms with Gasteiger partial charge in [0.1, 0.15) is 5.82 Å². The summed E-state index contributed by atoms with van der Waals surface area (Å²) in [6.07, 6.45) is 10.7. The van der Waals surface area contributed by atoms with Crippen molar-refractivity contribution in [3.8, 4) is 11.3 Å². The number of nitrogens with one attached hydrogen (secondary N) is 3. The lowest BCUT2D eigenvalue weighted by Crippen LogP contribution is -2.15. The molecule has 0 amide bonds. The van der Waals surface area contributed by atoms with E-state index in [0.717, 1.165) is 46.9 Å². The zero-order valence-corrected chi connectivity index (χ0v) is 16.9. The molecule has 1 aromatic carbocycles. The largest absolute Gasteiger partial charge is 0.354 e. The number of nitrogens with zero attached hydrogens (tertiary/aromatic N) is 2. The molecule has 0 fully saturated rings. The molecule has 0 bridgehead atoms. The van der Waals surface area contributed by atoms with Gasteiger partial charge in [0, 0.05) is 34.9 Å². The van der Waals surface area contributed by atoms with Gasteiger partial charge in [-0.25, -0.2) is 9.97 Å². The van der Waals surface area contributed by atoms with Crippen molar-refractivity contribution in [1.29, 1.82) is 0 Å². The highest BCUT2D eigenvalue weighted by Crippen LogP contribution is 2.29. The van der Waals surface area contributed by atoms with E-state index < -0.39 is 0 Å². The second-order valence-electron chi connectivity index (χ2n) is 8.02. The molecule has 1 aliphatic carbocycles. The molecule has 0 spiro atoms. The fourth-order valence-corrected chi connectivity index (χ4v) is 4.30. The molecule has 0 aliphatic heterocycles. The minimum Gasteiger partial charge on any atom is -0.354 e. The Balaban J connectivity index is 1.31. The summed E-state index contributed by atoms with van der Waals surface area (Å²) in [7, 11) is 0. The highest BCUT2D eigenvalue weighted by Gasteiger charge is 2.11. The topological polar surface area (TPSA) is 69.4 Å². The lowest BCUT2D eigenvalue weighted by Gasteiger charge is -2.13. The number of aromatic amines is 2. The van der Waals surface area contributed by atoms with Gasteiger partial charge in [0.05, 0.1) is 5.52 Å². The Morgan fingerprint density at radius 2 is 2.07 bits per heavy atom. The van der Waals surface area contributed by atoms with Crippen molar-refractivity contribution in [1.82, 2.24) is 25.3 Å². The normalized spacial score (nSPS) is 14.6. The number of rotatable bonds is 6. The summed E-state index contributed by atoms with van der Waals surface area (Å²) in [5.41, 5.74) is 8.03. The van der Waals surface area contributed by atoms with Crippen molar-refractivity contribution in [3.05, 3.63) is 59.6 Å². The molecule has 29 heavy (non-hydrogen) atoms. The molecule has 3 N–H and O–H groups in total. The maximum absolute atomic E-state index is 4.45. The van der Waals surface area contributed by atoms with Crippen LogP contribution >= 0.6 is 0 Å². The monoisotopic (exact) mass is 385 g/mol. The van der Waals surface area contributed by atoms with Gasteiger partial charge in [-0.15, -0.1) is 0 Å². The second kappa shape index (κ2) is 7.84. The molecule has 3 heterocycles. The number of aryl methyl sites for hydroxylation is 1. The van der Waals surface area contributed by atoms with Gasteiger partial charge in [-0.2, -0.15) is 0 Å². The molecule has 4 aromatic rings. The number of H-pyrrole nitrogens is 2. The first kappa shape index (κ1) is 18.1. The Bertz CT molecular complexity index is 1180. The van der Waals surface area contributed by atoms with E-state index in [4.69, 9.17) is 0 Å². The van der Waals surface area contributed by atoms with E-state index in [-0.39, 0.29) is 0 Å². The number of fused-ring (bicyclic) bond motifs is 2. The van der Waals surface area contributed by atoms with E-state index in [1.807, 2.05) is 19.2 Å². The Kier molecular flexibility index (Phi) is 4.90. The average Bonchev–Trinajstić information content (AvgIpc) is 3.33. The molecule has 1 aliphatic rings. The summed E-state index contributed by atoms with van der Waals surface area (Å²) in [5.74, 6) is 0.883. The summed E-state index contributed by atoms with van der Waals surface area (Å²) in [5, 5.41) is 4.84. The SMILES string of the molecule is Cc1nc2nccc(-c3cc4cc(CNCCC5=CCCCC5)ccc4[nH]3)c2[nH]1. The minimum absolute atomic E-state index is 0.761. The van der Waals surface area contributed by atoms with E-state index in [1.54, 1.807) is 5.57 Å². The number of allylic oxidation sites excluding steroid dienone is 1. The quantitative estimate of drug-likeness (QED) is 0.308. The van der Waals surface area contributed by atoms with Crippen LogP contribution in [0.3, 0.4) is 0 Å². The predicted molar refractivity (Wildman–Crippen MR) is 119 cm³/mol. The second-order valence-corrected chi connectivity index (χ2v) is 8.02. The average molecular weight is 386 g/mol. The van der Waals surface area contributed by atoms with Gasteiger partial charge in [-0.05, 0) is 75.4 Å². The van der Waals surface area contributed by atoms with Crippen LogP contribution < -0.4 is 5.32 Å². The van der Waals surface area contributed by atoms with Crippen molar-refractivity contribution in [2.45, 2.75) is 45.6 Å². The number of hydrogen-bond donors (Lipinski definition) is 3. The van der Waals surface area contributed by atoms with Gasteiger partial charge in [0.25, 0.3) is 0 Å². The third kappa shape index (κ3) is 3.83. The smallest absolute Gasteiger partial charge is 0.178 e. The molecular weight excluding hydrogens is 358 g/mol. The van der Waals surface area contributed by atoms with Gasteiger partial charge >= 0.3 is 0 Å². The maximum Gasteiger partial charge on any atom is 0.178 e. The standard InChI is InChI=1S/C24H27N5/c1-16-27-23-20(10-12-26-24(23)28-16)22-14-19-13-18(7-8-21(19)29-22)15-25-11-9-17-5-3-2-4-6-17/h5,7-8,10,12-14,25,29H,2-4,6,9,11,15H2,1H3,(H,26,27,28). The van der Waals surface area contributed by atoms with Crippen LogP contribution in [0.25, 0.3) is 33.3 Å². The minimum atomic E-state index is 0.761. The van der Waals surface area contributed by atoms with Gasteiger partial charge in [-0.3, -0.25) is 0 Å². The van der Waals surface area contributed by atoms with Crippen LogP contribution in [0, 0.1) is 6.92 Å². The molecule has 0 saturated heterocycles. The third-order valence-electron chi connectivity index (χ3n) is 5.82. The zero-order valence-electron chi connectivity index (χ0n) is 16.9. The van der Waals surface area contributed by atoms with E-state index >= 15 is 0 Å². The summed E-state index contributed by atoms with van der Waals surface area (Å²) >= 11 is 0. The zero-order chi connectivity index (χ0) is 19.6. The van der Waals surface area contributed by atoms with Crippen molar-refractivity contribution >= 4 is 22.1 Å². The van der Waals surface area contributed by atoms with E-state index in [9.17, 15) is 0 Å². The van der Waals surface area contributed by atoms with Gasteiger partial charge in [0.15, 0.2) is 5.65 Å². The van der Waals surface area contributed by atoms with Gasteiger partial charge in [0.2, 0.25) is 0 Å². The first-order chi connectivity index (χ1) is 14.3. The Labute approximate surface area is 170 Å². The van der Waals surface area contributed by atoms with E-state index in [2.05, 4.69) is 55.6 Å². The van der Waals surface area contributed by atoms with Crippen LogP contribution in [0.5, 0.6) is 0 Å². The van der Waals surface area contributed by atoms with E-state index in [0.29, 0.717) is 0 Å². The molecule has 0 unspecified atom stereocenters. The predicted octanol–water partition coefficient (Wildman–Crippen LogP) is 5.39. The molecule has 148 valence electrons. The first-order valence-corrected chi connectivity index (χ1v) is 10.6. The van der Waals surface area contributed by atoms with Gasteiger partial charge in [-0.1, -0.05) is 17.7 Å². The number of aromatic nitrogens is 4. The Morgan fingerprint density at radius 1 is 1.10 bits per heavy atom. The number of hydrogen-bond acceptors (Lipinski definition) is 3. The third-order valence-corrected chi connectivity index (χ3v) is 5.82. The van der Waals surface area contributed by atoms with Gasteiger partial charge < -0.3 is 15.3 Å². The summed E-state index contributed by atoms with van der Waals surface area (Å²) < 4.78 is 0. The first-order valence-electron chi connectivity index (χ1n) is 10.6. The van der Waals surface area contributed by atoms with Crippen LogP contribution in [-0.2, 0) is 6.54 Å². The highest BCUT2D eigenvalue weighted by atomic mass is 15.0. The van der Waals surface area contributed by atoms with Crippen molar-refractivity contribution in [2.75, 3.05) is 6.54 Å². The molecule has 5 nitrogen and oxygen atoms in total. The van der Waals surface area contributed by atoms with E-state index in [1.165, 1.54) is 43.1 Å². The molecule has 5 heteroatoms. The number of pyridine rings is 1. The van der Waals surface area contributed by atoms with Crippen molar-refractivity contribution in [2.24, 2.45) is 0 Å². The molecule has 0 radical (unpaired) electrons. The lowest BCUT2D eigenvalue weighted by molar-refractivity contribution is 0.632. The maximum atomic E-state index is 4.45. The molecule has 0 saturated carbocycles. The molecule has 5 rings (SSSR count). The van der Waals surface area contributed by atoms with Crippen molar-refractivity contribution < 1.29 is 0 Å². The lowest BCUT2D eigenvalue weighted by atomic mass is 9.97. The Hall–Kier alpha value is -2.92. The van der Waals surface area contributed by atoms with Crippen LogP contribution in [0.15, 0.2) is 48.2 Å².